The molecule has 1 aliphatic heterocycles. The van der Waals surface area contributed by atoms with Crippen molar-refractivity contribution in [1.29, 1.82) is 5.26 Å². The van der Waals surface area contributed by atoms with E-state index in [0.29, 0.717) is 24.4 Å². The summed E-state index contributed by atoms with van der Waals surface area (Å²) in [6.45, 7) is 1.29. The highest BCUT2D eigenvalue weighted by molar-refractivity contribution is 5.69. The highest BCUT2D eigenvalue weighted by atomic mass is 19.1. The van der Waals surface area contributed by atoms with Crippen LogP contribution in [0.2, 0.25) is 0 Å². The Labute approximate surface area is 159 Å². The Balaban J connectivity index is 1.60. The predicted octanol–water partition coefficient (Wildman–Crippen LogP) is 2.75. The topological polar surface area (TPSA) is 108 Å². The fraction of sp³-hybridized carbons (Fsp3) is 0.278. The third-order valence-corrected chi connectivity index (χ3v) is 4.40. The van der Waals surface area contributed by atoms with Gasteiger partial charge in [-0.15, -0.1) is 0 Å². The van der Waals surface area contributed by atoms with E-state index in [9.17, 15) is 14.4 Å². The standard InChI is InChI=1S/C18H16FN7O2/c19-12-4-5-16-21-10-14(26(16)11-12)17-22-13(9-20)8-15(23-17)24-28-18(27)25-6-2-1-3-7-25/h4-5,8,10-11H,1-3,6-7H2,(H,22,23,24). The van der Waals surface area contributed by atoms with Crippen LogP contribution in [0.1, 0.15) is 25.0 Å². The molecule has 1 N–H and O–H groups in total. The molecule has 0 unspecified atom stereocenters. The molecule has 0 aliphatic carbocycles. The Kier molecular flexibility index (Phi) is 4.72. The van der Waals surface area contributed by atoms with Crippen molar-refractivity contribution in [3.63, 3.8) is 0 Å². The molecular weight excluding hydrogens is 365 g/mol. The summed E-state index contributed by atoms with van der Waals surface area (Å²) in [5, 5.41) is 9.26. The summed E-state index contributed by atoms with van der Waals surface area (Å²) < 4.78 is 15.1. The molecule has 0 spiro atoms. The number of nitrogens with zero attached hydrogens (tertiary/aromatic N) is 6. The fourth-order valence-corrected chi connectivity index (χ4v) is 3.03. The Morgan fingerprint density at radius 2 is 2.07 bits per heavy atom. The minimum atomic E-state index is -0.504. The number of hydrogen-bond donors (Lipinski definition) is 1. The van der Waals surface area contributed by atoms with Crippen LogP contribution in [-0.4, -0.2) is 43.4 Å². The first-order chi connectivity index (χ1) is 13.6. The van der Waals surface area contributed by atoms with Gasteiger partial charge in [-0.1, -0.05) is 0 Å². The van der Waals surface area contributed by atoms with Crippen LogP contribution >= 0.6 is 0 Å². The maximum atomic E-state index is 13.6. The van der Waals surface area contributed by atoms with E-state index in [1.165, 1.54) is 35.0 Å². The maximum Gasteiger partial charge on any atom is 0.434 e. The normalized spacial score (nSPS) is 13.9. The van der Waals surface area contributed by atoms with Crippen molar-refractivity contribution in [2.75, 3.05) is 18.6 Å². The van der Waals surface area contributed by atoms with Crippen molar-refractivity contribution in [3.8, 4) is 17.6 Å². The summed E-state index contributed by atoms with van der Waals surface area (Å²) in [7, 11) is 0. The number of amides is 1. The Morgan fingerprint density at radius 1 is 1.25 bits per heavy atom. The molecule has 3 aromatic rings. The number of hydrogen-bond acceptors (Lipinski definition) is 7. The molecule has 10 heteroatoms. The number of rotatable bonds is 3. The highest BCUT2D eigenvalue weighted by Gasteiger charge is 2.19. The summed E-state index contributed by atoms with van der Waals surface area (Å²) >= 11 is 0. The molecule has 0 aromatic carbocycles. The molecule has 0 bridgehead atoms. The lowest BCUT2D eigenvalue weighted by atomic mass is 10.1. The molecule has 0 saturated carbocycles. The predicted molar refractivity (Wildman–Crippen MR) is 96.4 cm³/mol. The van der Waals surface area contributed by atoms with E-state index in [1.54, 1.807) is 4.90 Å². The van der Waals surface area contributed by atoms with E-state index >= 15 is 0 Å². The average molecular weight is 381 g/mol. The van der Waals surface area contributed by atoms with Crippen molar-refractivity contribution in [3.05, 3.63) is 42.1 Å². The second-order valence-electron chi connectivity index (χ2n) is 6.31. The molecule has 1 aliphatic rings. The van der Waals surface area contributed by atoms with E-state index in [-0.39, 0.29) is 17.3 Å². The van der Waals surface area contributed by atoms with Gasteiger partial charge in [0.15, 0.2) is 11.6 Å². The van der Waals surface area contributed by atoms with Crippen LogP contribution in [0.15, 0.2) is 30.6 Å². The largest absolute Gasteiger partial charge is 0.434 e. The Bertz CT molecular complexity index is 1070. The second kappa shape index (κ2) is 7.48. The number of nitriles is 1. The number of nitrogens with one attached hydrogen (secondary N) is 1. The van der Waals surface area contributed by atoms with Gasteiger partial charge in [-0.3, -0.25) is 4.40 Å². The van der Waals surface area contributed by atoms with Crippen LogP contribution < -0.4 is 5.48 Å². The number of carbonyl (C=O) groups is 1. The summed E-state index contributed by atoms with van der Waals surface area (Å²) in [6.07, 6.45) is 5.21. The van der Waals surface area contributed by atoms with Crippen LogP contribution in [-0.2, 0) is 4.84 Å². The van der Waals surface area contributed by atoms with Gasteiger partial charge in [-0.2, -0.15) is 10.7 Å². The quantitative estimate of drug-likeness (QED) is 0.695. The molecule has 142 valence electrons. The van der Waals surface area contributed by atoms with Crippen LogP contribution in [0.25, 0.3) is 17.2 Å². The highest BCUT2D eigenvalue weighted by Crippen LogP contribution is 2.20. The van der Waals surface area contributed by atoms with Crippen LogP contribution in [0.3, 0.4) is 0 Å². The van der Waals surface area contributed by atoms with Gasteiger partial charge in [-0.05, 0) is 31.4 Å². The Morgan fingerprint density at radius 3 is 2.86 bits per heavy atom. The van der Waals surface area contributed by atoms with Gasteiger partial charge in [-0.25, -0.2) is 24.1 Å². The maximum absolute atomic E-state index is 13.6. The first kappa shape index (κ1) is 17.7. The summed E-state index contributed by atoms with van der Waals surface area (Å²) in [6, 6.07) is 6.11. The fourth-order valence-electron chi connectivity index (χ4n) is 3.03. The lowest BCUT2D eigenvalue weighted by Crippen LogP contribution is -2.37. The summed E-state index contributed by atoms with van der Waals surface area (Å²) in [4.78, 5) is 31.4. The molecule has 4 rings (SSSR count). The molecule has 9 nitrogen and oxygen atoms in total. The minimum absolute atomic E-state index is 0.0628. The van der Waals surface area contributed by atoms with E-state index in [4.69, 9.17) is 4.84 Å². The van der Waals surface area contributed by atoms with E-state index in [0.717, 1.165) is 19.3 Å². The van der Waals surface area contributed by atoms with Crippen molar-refractivity contribution < 1.29 is 14.0 Å². The molecule has 0 radical (unpaired) electrons. The molecule has 0 atom stereocenters. The third-order valence-electron chi connectivity index (χ3n) is 4.40. The monoisotopic (exact) mass is 381 g/mol. The van der Waals surface area contributed by atoms with Crippen LogP contribution in [0.5, 0.6) is 0 Å². The third kappa shape index (κ3) is 3.55. The van der Waals surface area contributed by atoms with Gasteiger partial charge in [0, 0.05) is 25.4 Å². The number of piperidine rings is 1. The first-order valence-electron chi connectivity index (χ1n) is 8.78. The lowest BCUT2D eigenvalue weighted by Gasteiger charge is -2.25. The molecular formula is C18H16FN7O2. The number of halogens is 1. The zero-order valence-electron chi connectivity index (χ0n) is 14.8. The van der Waals surface area contributed by atoms with Crippen molar-refractivity contribution in [2.24, 2.45) is 0 Å². The van der Waals surface area contributed by atoms with Gasteiger partial charge in [0.1, 0.15) is 28.9 Å². The molecule has 3 aromatic heterocycles. The zero-order valence-corrected chi connectivity index (χ0v) is 14.8. The SMILES string of the molecule is N#Cc1cc(NOC(=O)N2CCCCC2)nc(-c2cnc3ccc(F)cn23)n1. The number of anilines is 1. The molecule has 1 fully saturated rings. The van der Waals surface area contributed by atoms with Crippen molar-refractivity contribution >= 4 is 17.6 Å². The molecule has 4 heterocycles. The van der Waals surface area contributed by atoms with Crippen molar-refractivity contribution in [2.45, 2.75) is 19.3 Å². The van der Waals surface area contributed by atoms with Crippen molar-refractivity contribution in [1.82, 2.24) is 24.3 Å². The van der Waals surface area contributed by atoms with Gasteiger partial charge in [0.05, 0.1) is 6.20 Å². The molecule has 1 saturated heterocycles. The number of pyridine rings is 1. The smallest absolute Gasteiger partial charge is 0.323 e. The lowest BCUT2D eigenvalue weighted by molar-refractivity contribution is 0.114. The van der Waals surface area contributed by atoms with Gasteiger partial charge in [0.25, 0.3) is 0 Å². The number of likely N-dealkylation sites (tertiary alicyclic amines) is 1. The average Bonchev–Trinajstić information content (AvgIpc) is 3.15. The van der Waals surface area contributed by atoms with Gasteiger partial charge in [0.2, 0.25) is 0 Å². The summed E-state index contributed by atoms with van der Waals surface area (Å²) in [5.41, 5.74) is 3.45. The van der Waals surface area contributed by atoms with Crippen LogP contribution in [0, 0.1) is 17.1 Å². The zero-order chi connectivity index (χ0) is 19.5. The Hall–Kier alpha value is -3.74. The summed E-state index contributed by atoms with van der Waals surface area (Å²) in [5.74, 6) is -0.163. The molecule has 1 amide bonds. The van der Waals surface area contributed by atoms with Gasteiger partial charge < -0.3 is 9.74 Å². The first-order valence-corrected chi connectivity index (χ1v) is 8.78. The van der Waals surface area contributed by atoms with Crippen LogP contribution in [0.4, 0.5) is 15.0 Å². The minimum Gasteiger partial charge on any atom is -0.323 e. The molecule has 28 heavy (non-hydrogen) atoms. The number of carbonyl (C=O) groups excluding carboxylic acids is 1. The number of imidazole rings is 1. The van der Waals surface area contributed by atoms with E-state index < -0.39 is 11.9 Å². The number of aromatic nitrogens is 4. The van der Waals surface area contributed by atoms with E-state index in [1.807, 2.05) is 6.07 Å². The van der Waals surface area contributed by atoms with E-state index in [2.05, 4.69) is 20.4 Å². The van der Waals surface area contributed by atoms with Gasteiger partial charge >= 0.3 is 6.09 Å². The second-order valence-corrected chi connectivity index (χ2v) is 6.31. The number of fused-ring (bicyclic) bond motifs is 1.